The van der Waals surface area contributed by atoms with Crippen LogP contribution in [0.3, 0.4) is 0 Å². The van der Waals surface area contributed by atoms with Gasteiger partial charge in [-0.1, -0.05) is 60.7 Å². The van der Waals surface area contributed by atoms with Gasteiger partial charge in [0.15, 0.2) is 5.65 Å². The minimum Gasteiger partial charge on any atom is -0.352 e. The smallest absolute Gasteiger partial charge is 0.252 e. The minimum atomic E-state index is -0.329. The first-order chi connectivity index (χ1) is 16.2. The molecule has 0 aliphatic heterocycles. The molecule has 0 atom stereocenters. The van der Waals surface area contributed by atoms with E-state index in [1.54, 1.807) is 18.2 Å². The predicted octanol–water partition coefficient (Wildman–Crippen LogP) is 5.40. The number of H-pyrrole nitrogens is 1. The van der Waals surface area contributed by atoms with Crippen molar-refractivity contribution in [2.45, 2.75) is 6.42 Å². The second-order valence-corrected chi connectivity index (χ2v) is 7.72. The first kappa shape index (κ1) is 20.6. The van der Waals surface area contributed by atoms with Gasteiger partial charge in [-0.2, -0.15) is 5.10 Å². The number of amides is 1. The van der Waals surface area contributed by atoms with Crippen molar-refractivity contribution in [1.82, 2.24) is 20.5 Å². The maximum Gasteiger partial charge on any atom is 0.252 e. The van der Waals surface area contributed by atoms with Crippen LogP contribution < -0.4 is 5.32 Å². The summed E-state index contributed by atoms with van der Waals surface area (Å²) < 4.78 is 13.4. The van der Waals surface area contributed by atoms with Crippen molar-refractivity contribution in [3.8, 4) is 22.5 Å². The van der Waals surface area contributed by atoms with E-state index < -0.39 is 0 Å². The van der Waals surface area contributed by atoms with E-state index in [1.165, 1.54) is 12.1 Å². The average Bonchev–Trinajstić information content (AvgIpc) is 3.29. The SMILES string of the molecule is O=C(NCCc1ccccc1)c1cc(-c2ccc(F)cc2)nc2n[nH]c(-c3ccccc3)c12. The Bertz CT molecular complexity index is 1400. The molecule has 5 aromatic rings. The quantitative estimate of drug-likeness (QED) is 0.374. The molecule has 2 aromatic heterocycles. The molecule has 3 aromatic carbocycles. The highest BCUT2D eigenvalue weighted by Crippen LogP contribution is 2.31. The third kappa shape index (κ3) is 4.36. The number of hydrogen-bond donors (Lipinski definition) is 2. The third-order valence-corrected chi connectivity index (χ3v) is 5.51. The molecule has 0 radical (unpaired) electrons. The van der Waals surface area contributed by atoms with Crippen LogP contribution >= 0.6 is 0 Å². The van der Waals surface area contributed by atoms with E-state index in [1.807, 2.05) is 60.7 Å². The zero-order valence-corrected chi connectivity index (χ0v) is 17.8. The summed E-state index contributed by atoms with van der Waals surface area (Å²) in [5.74, 6) is -0.537. The largest absolute Gasteiger partial charge is 0.352 e. The summed E-state index contributed by atoms with van der Waals surface area (Å²) in [6, 6.07) is 27.5. The number of rotatable bonds is 6. The standard InChI is InChI=1S/C27H21FN4O/c28-21-13-11-19(12-14-21)23-17-22(27(33)29-16-15-18-7-3-1-4-8-18)24-25(31-32-26(24)30-23)20-9-5-2-6-10-20/h1-14,17H,15-16H2,(H,29,33)(H,30,31,32). The summed E-state index contributed by atoms with van der Waals surface area (Å²) in [7, 11) is 0. The molecule has 0 spiro atoms. The van der Waals surface area contributed by atoms with Gasteiger partial charge in [-0.05, 0) is 42.3 Å². The normalized spacial score (nSPS) is 10.9. The highest BCUT2D eigenvalue weighted by molar-refractivity contribution is 6.10. The van der Waals surface area contributed by atoms with Crippen molar-refractivity contribution in [2.24, 2.45) is 0 Å². The zero-order chi connectivity index (χ0) is 22.6. The number of aromatic nitrogens is 3. The Morgan fingerprint density at radius 1 is 0.879 bits per heavy atom. The molecule has 5 nitrogen and oxygen atoms in total. The van der Waals surface area contributed by atoms with Crippen molar-refractivity contribution in [3.63, 3.8) is 0 Å². The van der Waals surface area contributed by atoms with Crippen LogP contribution in [-0.2, 0) is 6.42 Å². The molecule has 0 fully saturated rings. The molecule has 33 heavy (non-hydrogen) atoms. The lowest BCUT2D eigenvalue weighted by molar-refractivity contribution is 0.0955. The number of fused-ring (bicyclic) bond motifs is 1. The molecule has 0 bridgehead atoms. The minimum absolute atomic E-state index is 0.208. The number of carbonyl (C=O) groups is 1. The molecule has 0 saturated heterocycles. The van der Waals surface area contributed by atoms with Crippen LogP contribution in [0.1, 0.15) is 15.9 Å². The van der Waals surface area contributed by atoms with E-state index in [-0.39, 0.29) is 11.7 Å². The van der Waals surface area contributed by atoms with Crippen LogP contribution in [0.15, 0.2) is 91.0 Å². The lowest BCUT2D eigenvalue weighted by Gasteiger charge is -2.10. The van der Waals surface area contributed by atoms with E-state index in [0.717, 1.165) is 23.2 Å². The maximum absolute atomic E-state index is 13.4. The monoisotopic (exact) mass is 436 g/mol. The van der Waals surface area contributed by atoms with Gasteiger partial charge in [-0.25, -0.2) is 9.37 Å². The molecule has 0 saturated carbocycles. The summed E-state index contributed by atoms with van der Waals surface area (Å²) in [6.07, 6.45) is 0.725. The predicted molar refractivity (Wildman–Crippen MR) is 127 cm³/mol. The second kappa shape index (κ2) is 9.04. The fraction of sp³-hybridized carbons (Fsp3) is 0.0741. The zero-order valence-electron chi connectivity index (χ0n) is 17.8. The van der Waals surface area contributed by atoms with Crippen molar-refractivity contribution < 1.29 is 9.18 Å². The molecule has 0 unspecified atom stereocenters. The highest BCUT2D eigenvalue weighted by atomic mass is 19.1. The first-order valence-electron chi connectivity index (χ1n) is 10.7. The molecule has 2 heterocycles. The van der Waals surface area contributed by atoms with Gasteiger partial charge in [0.2, 0.25) is 0 Å². The fourth-order valence-electron chi connectivity index (χ4n) is 3.85. The molecular formula is C27H21FN4O. The van der Waals surface area contributed by atoms with Crippen molar-refractivity contribution in [2.75, 3.05) is 6.54 Å². The lowest BCUT2D eigenvalue weighted by atomic mass is 10.0. The molecule has 0 aliphatic rings. The number of halogens is 1. The van der Waals surface area contributed by atoms with Gasteiger partial charge in [0.05, 0.1) is 22.3 Å². The Hall–Kier alpha value is -4.32. The van der Waals surface area contributed by atoms with Gasteiger partial charge < -0.3 is 5.32 Å². The van der Waals surface area contributed by atoms with Gasteiger partial charge in [0.25, 0.3) is 5.91 Å². The van der Waals surface area contributed by atoms with Crippen LogP contribution in [-0.4, -0.2) is 27.6 Å². The molecule has 0 aliphatic carbocycles. The molecule has 6 heteroatoms. The average molecular weight is 436 g/mol. The molecule has 2 N–H and O–H groups in total. The molecular weight excluding hydrogens is 415 g/mol. The number of benzene rings is 3. The van der Waals surface area contributed by atoms with Crippen LogP contribution in [0.5, 0.6) is 0 Å². The number of carbonyl (C=O) groups excluding carboxylic acids is 1. The van der Waals surface area contributed by atoms with Gasteiger partial charge >= 0.3 is 0 Å². The number of pyridine rings is 1. The van der Waals surface area contributed by atoms with Crippen molar-refractivity contribution in [1.29, 1.82) is 0 Å². The second-order valence-electron chi connectivity index (χ2n) is 7.72. The van der Waals surface area contributed by atoms with Crippen molar-refractivity contribution >= 4 is 16.9 Å². The van der Waals surface area contributed by atoms with Gasteiger partial charge in [0.1, 0.15) is 5.82 Å². The Balaban J connectivity index is 1.55. The highest BCUT2D eigenvalue weighted by Gasteiger charge is 2.20. The third-order valence-electron chi connectivity index (χ3n) is 5.51. The summed E-state index contributed by atoms with van der Waals surface area (Å²) in [5, 5.41) is 11.1. The topological polar surface area (TPSA) is 70.7 Å². The van der Waals surface area contributed by atoms with Crippen LogP contribution in [0.4, 0.5) is 4.39 Å². The summed E-state index contributed by atoms with van der Waals surface area (Å²) in [6.45, 7) is 0.497. The van der Waals surface area contributed by atoms with Crippen LogP contribution in [0.2, 0.25) is 0 Å². The van der Waals surface area contributed by atoms with Crippen LogP contribution in [0, 0.1) is 5.82 Å². The van der Waals surface area contributed by atoms with E-state index in [4.69, 9.17) is 0 Å². The lowest BCUT2D eigenvalue weighted by Crippen LogP contribution is -2.26. The maximum atomic E-state index is 13.4. The number of hydrogen-bond acceptors (Lipinski definition) is 3. The van der Waals surface area contributed by atoms with E-state index in [0.29, 0.717) is 34.4 Å². The molecule has 5 rings (SSSR count). The van der Waals surface area contributed by atoms with Gasteiger partial charge in [-0.15, -0.1) is 0 Å². The number of nitrogens with zero attached hydrogens (tertiary/aromatic N) is 2. The van der Waals surface area contributed by atoms with Crippen LogP contribution in [0.25, 0.3) is 33.5 Å². The summed E-state index contributed by atoms with van der Waals surface area (Å²) >= 11 is 0. The Labute approximate surface area is 190 Å². The first-order valence-corrected chi connectivity index (χ1v) is 10.7. The van der Waals surface area contributed by atoms with E-state index in [9.17, 15) is 9.18 Å². The van der Waals surface area contributed by atoms with E-state index >= 15 is 0 Å². The van der Waals surface area contributed by atoms with Gasteiger partial charge in [-0.3, -0.25) is 9.89 Å². The van der Waals surface area contributed by atoms with E-state index in [2.05, 4.69) is 20.5 Å². The number of nitrogens with one attached hydrogen (secondary N) is 2. The number of aromatic amines is 1. The molecule has 1 amide bonds. The Morgan fingerprint density at radius 3 is 2.30 bits per heavy atom. The van der Waals surface area contributed by atoms with Gasteiger partial charge in [0, 0.05) is 17.7 Å². The Kier molecular flexibility index (Phi) is 5.64. The fourth-order valence-corrected chi connectivity index (χ4v) is 3.85. The summed E-state index contributed by atoms with van der Waals surface area (Å²) in [4.78, 5) is 18.0. The summed E-state index contributed by atoms with van der Waals surface area (Å²) in [5.41, 5.74) is 4.97. The van der Waals surface area contributed by atoms with Crippen molar-refractivity contribution in [3.05, 3.63) is 108 Å². The Morgan fingerprint density at radius 2 is 1.58 bits per heavy atom. The molecule has 162 valence electrons.